The van der Waals surface area contributed by atoms with Crippen LogP contribution in [0.5, 0.6) is 0 Å². The number of nitrogens with zero attached hydrogens (tertiary/aromatic N) is 5. The first-order valence-electron chi connectivity index (χ1n) is 11.2. The molecule has 176 valence electrons. The van der Waals surface area contributed by atoms with E-state index in [1.165, 1.54) is 29.7 Å². The highest BCUT2D eigenvalue weighted by Gasteiger charge is 2.26. The number of H-pyrrole nitrogens is 1. The largest absolute Gasteiger partial charge is 0.379 e. The third-order valence-electron chi connectivity index (χ3n) is 5.87. The predicted molar refractivity (Wildman–Crippen MR) is 126 cm³/mol. The van der Waals surface area contributed by atoms with Crippen molar-refractivity contribution in [3.05, 3.63) is 53.8 Å². The minimum absolute atomic E-state index is 0.0944. The average molecular weight is 482 g/mol. The lowest BCUT2D eigenvalue weighted by molar-refractivity contribution is 0.0260. The molecule has 9 nitrogen and oxygen atoms in total. The van der Waals surface area contributed by atoms with Crippen molar-refractivity contribution in [3.8, 4) is 22.0 Å². The third kappa shape index (κ3) is 4.62. The van der Waals surface area contributed by atoms with E-state index < -0.39 is 11.7 Å². The van der Waals surface area contributed by atoms with Crippen molar-refractivity contribution in [2.24, 2.45) is 0 Å². The quantitative estimate of drug-likeness (QED) is 0.396. The van der Waals surface area contributed by atoms with Gasteiger partial charge in [-0.25, -0.2) is 9.37 Å². The molecule has 0 aliphatic heterocycles. The van der Waals surface area contributed by atoms with Crippen molar-refractivity contribution < 1.29 is 13.9 Å². The number of hydrogen-bond acceptors (Lipinski definition) is 7. The minimum atomic E-state index is -0.501. The van der Waals surface area contributed by atoms with E-state index in [0.717, 1.165) is 31.2 Å². The maximum absolute atomic E-state index is 14.6. The molecule has 2 N–H and O–H groups in total. The molecule has 11 heteroatoms. The summed E-state index contributed by atoms with van der Waals surface area (Å²) in [6.45, 7) is 2.71. The Hall–Kier alpha value is -3.44. The Bertz CT molecular complexity index is 1260. The molecule has 5 rings (SSSR count). The molecule has 0 unspecified atom stereocenters. The first-order chi connectivity index (χ1) is 16.6. The van der Waals surface area contributed by atoms with Crippen LogP contribution in [0, 0.1) is 5.82 Å². The van der Waals surface area contributed by atoms with Crippen LogP contribution in [-0.4, -0.2) is 48.6 Å². The predicted octanol–water partition coefficient (Wildman–Crippen LogP) is 4.70. The average Bonchev–Trinajstić information content (AvgIpc) is 3.61. The van der Waals surface area contributed by atoms with Gasteiger partial charge in [-0.15, -0.1) is 11.3 Å². The number of carbonyl (C=O) groups is 1. The summed E-state index contributed by atoms with van der Waals surface area (Å²) < 4.78 is 22.2. The summed E-state index contributed by atoms with van der Waals surface area (Å²) >= 11 is 1.34. The third-order valence-corrected chi connectivity index (χ3v) is 6.76. The Morgan fingerprint density at radius 3 is 2.91 bits per heavy atom. The number of amides is 1. The van der Waals surface area contributed by atoms with Gasteiger partial charge in [0, 0.05) is 36.1 Å². The number of aromatic nitrogens is 6. The number of pyridine rings is 1. The van der Waals surface area contributed by atoms with Gasteiger partial charge in [-0.3, -0.25) is 19.6 Å². The maximum Gasteiger partial charge on any atom is 0.275 e. The molecule has 4 aromatic heterocycles. The lowest BCUT2D eigenvalue weighted by Crippen LogP contribution is -2.24. The van der Waals surface area contributed by atoms with Crippen molar-refractivity contribution in [2.75, 3.05) is 11.9 Å². The summed E-state index contributed by atoms with van der Waals surface area (Å²) in [6, 6.07) is 2.99. The second-order valence-electron chi connectivity index (χ2n) is 8.07. The normalized spacial score (nSPS) is 18.2. The molecule has 1 saturated carbocycles. The summed E-state index contributed by atoms with van der Waals surface area (Å²) in [4.78, 5) is 21.6. The van der Waals surface area contributed by atoms with Gasteiger partial charge < -0.3 is 10.1 Å². The second-order valence-corrected chi connectivity index (χ2v) is 8.93. The first kappa shape index (κ1) is 22.4. The van der Waals surface area contributed by atoms with E-state index in [-0.39, 0.29) is 23.5 Å². The fourth-order valence-corrected chi connectivity index (χ4v) is 4.96. The van der Waals surface area contributed by atoms with Crippen molar-refractivity contribution in [2.45, 2.75) is 44.8 Å². The molecule has 0 aromatic carbocycles. The number of hydrogen-bond donors (Lipinski definition) is 2. The van der Waals surface area contributed by atoms with Gasteiger partial charge in [-0.1, -0.05) is 0 Å². The molecule has 0 spiro atoms. The van der Waals surface area contributed by atoms with Gasteiger partial charge in [0.25, 0.3) is 5.91 Å². The van der Waals surface area contributed by atoms with E-state index in [2.05, 4.69) is 30.6 Å². The van der Waals surface area contributed by atoms with E-state index in [4.69, 9.17) is 4.74 Å². The fraction of sp³-hybridized carbons (Fsp3) is 0.348. The minimum Gasteiger partial charge on any atom is -0.379 e. The Balaban J connectivity index is 1.41. The molecular formula is C23H24FN7O2S. The molecule has 0 saturated heterocycles. The lowest BCUT2D eigenvalue weighted by Gasteiger charge is -2.28. The monoisotopic (exact) mass is 481 g/mol. The van der Waals surface area contributed by atoms with E-state index >= 15 is 0 Å². The van der Waals surface area contributed by atoms with E-state index in [9.17, 15) is 9.18 Å². The molecule has 34 heavy (non-hydrogen) atoms. The molecule has 1 amide bonds. The van der Waals surface area contributed by atoms with Crippen molar-refractivity contribution in [1.29, 1.82) is 0 Å². The number of anilines is 1. The van der Waals surface area contributed by atoms with E-state index in [1.807, 2.05) is 11.6 Å². The number of carbonyl (C=O) groups excluding carboxylic acids is 1. The van der Waals surface area contributed by atoms with Gasteiger partial charge in [0.1, 0.15) is 22.1 Å². The molecule has 4 aromatic rings. The van der Waals surface area contributed by atoms with Gasteiger partial charge in [0.05, 0.1) is 24.0 Å². The molecule has 4 heterocycles. The van der Waals surface area contributed by atoms with Crippen LogP contribution in [0.3, 0.4) is 0 Å². The van der Waals surface area contributed by atoms with Crippen molar-refractivity contribution in [1.82, 2.24) is 29.9 Å². The summed E-state index contributed by atoms with van der Waals surface area (Å²) in [5.41, 5.74) is 1.85. The number of aromatic amines is 1. The molecular weight excluding hydrogens is 457 g/mol. The number of rotatable bonds is 7. The van der Waals surface area contributed by atoms with E-state index in [0.29, 0.717) is 23.0 Å². The zero-order chi connectivity index (χ0) is 23.5. The summed E-state index contributed by atoms with van der Waals surface area (Å²) in [7, 11) is 0. The molecule has 0 radical (unpaired) electrons. The molecule has 1 aliphatic carbocycles. The van der Waals surface area contributed by atoms with Gasteiger partial charge in [-0.05, 0) is 44.7 Å². The number of halogens is 1. The summed E-state index contributed by atoms with van der Waals surface area (Å²) in [5.74, 6) is -0.901. The Kier molecular flexibility index (Phi) is 6.45. The van der Waals surface area contributed by atoms with Crippen LogP contribution in [0.15, 0.2) is 42.3 Å². The van der Waals surface area contributed by atoms with Crippen LogP contribution < -0.4 is 5.32 Å². The van der Waals surface area contributed by atoms with Gasteiger partial charge >= 0.3 is 0 Å². The van der Waals surface area contributed by atoms with Crippen LogP contribution in [0.1, 0.15) is 49.1 Å². The van der Waals surface area contributed by atoms with Crippen LogP contribution in [0.2, 0.25) is 0 Å². The van der Waals surface area contributed by atoms with Crippen LogP contribution in [0.4, 0.5) is 10.1 Å². The summed E-state index contributed by atoms with van der Waals surface area (Å²) in [6.07, 6.45) is 10.5. The number of ether oxygens (including phenoxy) is 1. The number of nitrogens with one attached hydrogen (secondary N) is 2. The van der Waals surface area contributed by atoms with Gasteiger partial charge in [0.2, 0.25) is 0 Å². The fourth-order valence-electron chi connectivity index (χ4n) is 4.18. The highest BCUT2D eigenvalue weighted by atomic mass is 32.1. The van der Waals surface area contributed by atoms with Crippen LogP contribution in [0.25, 0.3) is 22.0 Å². The Morgan fingerprint density at radius 1 is 1.32 bits per heavy atom. The first-order valence-corrected chi connectivity index (χ1v) is 12.1. The topological polar surface area (TPSA) is 111 Å². The SMILES string of the molecule is CCO[C@H]1CC[C@@H](n2cc(NC(=O)c3csc(-c4cn[nH]c4)n3)c(-c3ncccc3F)n2)CC1. The number of thiazole rings is 1. The molecule has 1 fully saturated rings. The Labute approximate surface area is 199 Å². The zero-order valence-corrected chi connectivity index (χ0v) is 19.4. The lowest BCUT2D eigenvalue weighted by atomic mass is 9.93. The Morgan fingerprint density at radius 2 is 2.18 bits per heavy atom. The van der Waals surface area contributed by atoms with Gasteiger partial charge in [-0.2, -0.15) is 10.2 Å². The van der Waals surface area contributed by atoms with Crippen molar-refractivity contribution in [3.63, 3.8) is 0 Å². The molecule has 0 bridgehead atoms. The van der Waals surface area contributed by atoms with Crippen molar-refractivity contribution >= 4 is 22.9 Å². The van der Waals surface area contributed by atoms with Crippen LogP contribution >= 0.6 is 11.3 Å². The standard InChI is InChI=1S/C23H24FN7O2S/c1-2-33-16-7-5-15(6-8-16)31-12-18(21(30-31)20-17(24)4-3-9-25-20)28-22(32)19-13-34-23(29-19)14-10-26-27-11-14/h3-4,9-13,15-16H,2,5-8H2,1H3,(H,26,27)(H,28,32)/t15-,16+. The summed E-state index contributed by atoms with van der Waals surface area (Å²) in [5, 5.41) is 16.5. The molecule has 1 aliphatic rings. The second kappa shape index (κ2) is 9.82. The maximum atomic E-state index is 14.6. The highest BCUT2D eigenvalue weighted by Crippen LogP contribution is 2.34. The van der Waals surface area contributed by atoms with Gasteiger partial charge in [0.15, 0.2) is 5.82 Å². The molecule has 0 atom stereocenters. The smallest absolute Gasteiger partial charge is 0.275 e. The zero-order valence-electron chi connectivity index (χ0n) is 18.6. The van der Waals surface area contributed by atoms with E-state index in [1.54, 1.807) is 24.0 Å². The van der Waals surface area contributed by atoms with Crippen LogP contribution in [-0.2, 0) is 4.74 Å². The highest BCUT2D eigenvalue weighted by molar-refractivity contribution is 7.13.